The first-order valence-electron chi connectivity index (χ1n) is 8.10. The Hall–Kier alpha value is -2.47. The molecule has 132 valence electrons. The number of aromatic amines is 1. The number of ether oxygens (including phenoxy) is 1. The van der Waals surface area contributed by atoms with Crippen LogP contribution in [-0.2, 0) is 11.2 Å². The molecule has 0 unspecified atom stereocenters. The highest BCUT2D eigenvalue weighted by atomic mass is 35.5. The maximum Gasteiger partial charge on any atom is 0.255 e. The number of rotatable bonds is 4. The van der Waals surface area contributed by atoms with Crippen molar-refractivity contribution in [3.05, 3.63) is 52.8 Å². The molecule has 0 spiro atoms. The van der Waals surface area contributed by atoms with E-state index in [0.717, 1.165) is 5.56 Å². The maximum atomic E-state index is 12.6. The molecule has 0 radical (unpaired) electrons. The van der Waals surface area contributed by atoms with Gasteiger partial charge in [0.15, 0.2) is 0 Å². The van der Waals surface area contributed by atoms with Gasteiger partial charge in [-0.2, -0.15) is 0 Å². The van der Waals surface area contributed by atoms with Crippen LogP contribution in [0.5, 0.6) is 5.75 Å². The number of hydrogen-bond acceptors (Lipinski definition) is 3. The van der Waals surface area contributed by atoms with Gasteiger partial charge in [-0.25, -0.2) is 0 Å². The summed E-state index contributed by atoms with van der Waals surface area (Å²) in [5.41, 5.74) is 1.42. The number of halogens is 1. The molecule has 7 heteroatoms. The van der Waals surface area contributed by atoms with Crippen LogP contribution in [0.1, 0.15) is 15.9 Å². The average Bonchev–Trinajstić information content (AvgIpc) is 3.14. The minimum atomic E-state index is -0.120. The molecule has 2 aromatic rings. The first kappa shape index (κ1) is 17.4. The van der Waals surface area contributed by atoms with Crippen LogP contribution in [0.15, 0.2) is 36.7 Å². The lowest BCUT2D eigenvalue weighted by molar-refractivity contribution is -0.131. The molecule has 1 fully saturated rings. The van der Waals surface area contributed by atoms with Crippen molar-refractivity contribution >= 4 is 23.4 Å². The monoisotopic (exact) mass is 361 g/mol. The molecule has 0 aliphatic carbocycles. The molecule has 0 bridgehead atoms. The highest BCUT2D eigenvalue weighted by Gasteiger charge is 2.26. The van der Waals surface area contributed by atoms with E-state index < -0.39 is 0 Å². The van der Waals surface area contributed by atoms with E-state index in [9.17, 15) is 9.59 Å². The van der Waals surface area contributed by atoms with Gasteiger partial charge in [-0.05, 0) is 29.8 Å². The third-order valence-corrected chi connectivity index (χ3v) is 4.66. The first-order chi connectivity index (χ1) is 12.1. The number of hydrogen-bond donors (Lipinski definition) is 1. The van der Waals surface area contributed by atoms with Gasteiger partial charge in [0, 0.05) is 38.6 Å². The van der Waals surface area contributed by atoms with Crippen LogP contribution in [-0.4, -0.2) is 59.9 Å². The molecule has 1 aliphatic heterocycles. The second-order valence-corrected chi connectivity index (χ2v) is 6.32. The summed E-state index contributed by atoms with van der Waals surface area (Å²) in [4.78, 5) is 31.4. The van der Waals surface area contributed by atoms with E-state index in [-0.39, 0.29) is 11.8 Å². The van der Waals surface area contributed by atoms with E-state index in [1.54, 1.807) is 41.3 Å². The standard InChI is InChI=1S/C18H20ClN3O3/c1-25-14-2-3-15(16(19)11-14)18(24)22-8-6-21(7-9-22)17(23)10-13-4-5-20-12-13/h2-5,11-12,20H,6-10H2,1H3. The van der Waals surface area contributed by atoms with Crippen molar-refractivity contribution in [3.63, 3.8) is 0 Å². The Morgan fingerprint density at radius 3 is 2.48 bits per heavy atom. The van der Waals surface area contributed by atoms with Gasteiger partial charge in [0.2, 0.25) is 5.91 Å². The van der Waals surface area contributed by atoms with Gasteiger partial charge >= 0.3 is 0 Å². The molecule has 3 rings (SSSR count). The zero-order valence-corrected chi connectivity index (χ0v) is 14.8. The van der Waals surface area contributed by atoms with Gasteiger partial charge < -0.3 is 19.5 Å². The van der Waals surface area contributed by atoms with Crippen LogP contribution in [0.3, 0.4) is 0 Å². The van der Waals surface area contributed by atoms with Crippen LogP contribution in [0.2, 0.25) is 5.02 Å². The van der Waals surface area contributed by atoms with Crippen LogP contribution in [0, 0.1) is 0 Å². The van der Waals surface area contributed by atoms with E-state index in [2.05, 4.69) is 4.98 Å². The van der Waals surface area contributed by atoms with Crippen LogP contribution in [0.25, 0.3) is 0 Å². The molecule has 25 heavy (non-hydrogen) atoms. The van der Waals surface area contributed by atoms with Crippen molar-refractivity contribution < 1.29 is 14.3 Å². The number of aromatic nitrogens is 1. The molecule has 1 aliphatic rings. The summed E-state index contributed by atoms with van der Waals surface area (Å²) in [6, 6.07) is 6.91. The Balaban J connectivity index is 1.58. The van der Waals surface area contributed by atoms with E-state index in [4.69, 9.17) is 16.3 Å². The zero-order chi connectivity index (χ0) is 17.8. The van der Waals surface area contributed by atoms with Gasteiger partial charge in [-0.15, -0.1) is 0 Å². The van der Waals surface area contributed by atoms with E-state index in [0.29, 0.717) is 48.9 Å². The average molecular weight is 362 g/mol. The lowest BCUT2D eigenvalue weighted by Crippen LogP contribution is -2.51. The fraction of sp³-hybridized carbons (Fsp3) is 0.333. The first-order valence-corrected chi connectivity index (χ1v) is 8.48. The number of piperazine rings is 1. The molecule has 0 atom stereocenters. The Bertz CT molecular complexity index is 753. The fourth-order valence-corrected chi connectivity index (χ4v) is 3.13. The fourth-order valence-electron chi connectivity index (χ4n) is 2.88. The molecule has 1 saturated heterocycles. The third-order valence-electron chi connectivity index (χ3n) is 4.34. The number of nitrogens with zero attached hydrogens (tertiary/aromatic N) is 2. The summed E-state index contributed by atoms with van der Waals surface area (Å²) < 4.78 is 5.10. The summed E-state index contributed by atoms with van der Waals surface area (Å²) in [6.45, 7) is 2.06. The molecule has 1 aromatic heterocycles. The summed E-state index contributed by atoms with van der Waals surface area (Å²) in [7, 11) is 1.55. The number of H-pyrrole nitrogens is 1. The van der Waals surface area contributed by atoms with E-state index >= 15 is 0 Å². The predicted octanol–water partition coefficient (Wildman–Crippen LogP) is 2.20. The summed E-state index contributed by atoms with van der Waals surface area (Å²) in [5.74, 6) is 0.571. The Kier molecular flexibility index (Phi) is 5.28. The van der Waals surface area contributed by atoms with Gasteiger partial charge in [-0.1, -0.05) is 11.6 Å². The van der Waals surface area contributed by atoms with Crippen molar-refractivity contribution in [2.75, 3.05) is 33.3 Å². The number of methoxy groups -OCH3 is 1. The van der Waals surface area contributed by atoms with Crippen molar-refractivity contribution in [2.45, 2.75) is 6.42 Å². The second-order valence-electron chi connectivity index (χ2n) is 5.91. The zero-order valence-electron chi connectivity index (χ0n) is 14.0. The molecule has 0 saturated carbocycles. The number of amides is 2. The molecular formula is C18H20ClN3O3. The molecule has 2 amide bonds. The topological polar surface area (TPSA) is 65.6 Å². The third kappa shape index (κ3) is 3.96. The quantitative estimate of drug-likeness (QED) is 0.908. The molecular weight excluding hydrogens is 342 g/mol. The highest BCUT2D eigenvalue weighted by molar-refractivity contribution is 6.34. The molecule has 2 heterocycles. The number of carbonyl (C=O) groups is 2. The second kappa shape index (κ2) is 7.61. The molecule has 1 N–H and O–H groups in total. The smallest absolute Gasteiger partial charge is 0.255 e. The number of benzene rings is 1. The van der Waals surface area contributed by atoms with E-state index in [1.807, 2.05) is 12.3 Å². The number of nitrogens with one attached hydrogen (secondary N) is 1. The van der Waals surface area contributed by atoms with Crippen LogP contribution < -0.4 is 4.74 Å². The Labute approximate surface area is 151 Å². The van der Waals surface area contributed by atoms with Crippen molar-refractivity contribution in [2.24, 2.45) is 0 Å². The van der Waals surface area contributed by atoms with Gasteiger partial charge in [-0.3, -0.25) is 9.59 Å². The minimum Gasteiger partial charge on any atom is -0.497 e. The highest BCUT2D eigenvalue weighted by Crippen LogP contribution is 2.24. The van der Waals surface area contributed by atoms with Crippen molar-refractivity contribution in [1.29, 1.82) is 0 Å². The van der Waals surface area contributed by atoms with Gasteiger partial charge in [0.25, 0.3) is 5.91 Å². The van der Waals surface area contributed by atoms with Crippen LogP contribution in [0.4, 0.5) is 0 Å². The largest absolute Gasteiger partial charge is 0.497 e. The van der Waals surface area contributed by atoms with Crippen LogP contribution >= 0.6 is 11.6 Å². The Morgan fingerprint density at radius 2 is 1.88 bits per heavy atom. The Morgan fingerprint density at radius 1 is 1.16 bits per heavy atom. The normalized spacial score (nSPS) is 14.5. The van der Waals surface area contributed by atoms with Crippen molar-refractivity contribution in [3.8, 4) is 5.75 Å². The minimum absolute atomic E-state index is 0.0779. The lowest BCUT2D eigenvalue weighted by atomic mass is 10.1. The SMILES string of the molecule is COc1ccc(C(=O)N2CCN(C(=O)Cc3cc[nH]c3)CC2)c(Cl)c1. The summed E-state index contributed by atoms with van der Waals surface area (Å²) >= 11 is 6.19. The summed E-state index contributed by atoms with van der Waals surface area (Å²) in [6.07, 6.45) is 4.00. The maximum absolute atomic E-state index is 12.6. The molecule has 6 nitrogen and oxygen atoms in total. The summed E-state index contributed by atoms with van der Waals surface area (Å²) in [5, 5.41) is 0.371. The van der Waals surface area contributed by atoms with Gasteiger partial charge in [0.1, 0.15) is 5.75 Å². The molecule has 1 aromatic carbocycles. The van der Waals surface area contributed by atoms with E-state index in [1.165, 1.54) is 0 Å². The predicted molar refractivity (Wildman–Crippen MR) is 95.0 cm³/mol. The lowest BCUT2D eigenvalue weighted by Gasteiger charge is -2.35. The van der Waals surface area contributed by atoms with Crippen molar-refractivity contribution in [1.82, 2.24) is 14.8 Å². The van der Waals surface area contributed by atoms with Gasteiger partial charge in [0.05, 0.1) is 24.1 Å². The number of carbonyl (C=O) groups excluding carboxylic acids is 2.